The highest BCUT2D eigenvalue weighted by Gasteiger charge is 2.20. The number of pyridine rings is 1. The van der Waals surface area contributed by atoms with Gasteiger partial charge in [0, 0.05) is 6.20 Å². The summed E-state index contributed by atoms with van der Waals surface area (Å²) in [5.41, 5.74) is 1.25. The molecule has 0 spiro atoms. The fourth-order valence-electron chi connectivity index (χ4n) is 2.10. The third kappa shape index (κ3) is 2.66. The first-order valence-corrected chi connectivity index (χ1v) is 6.73. The number of aliphatic imine (C=N–C) groups is 1. The standard InChI is InChI=1S/C15H13N3O4/c19-7-8-22-15-14(12-3-1-2-6-18(12)17-15)16-11-5-4-10(20)9-13(11)21/h1-6,19H,7-9H2. The van der Waals surface area contributed by atoms with E-state index in [2.05, 4.69) is 10.1 Å². The maximum absolute atomic E-state index is 11.9. The second kappa shape index (κ2) is 5.90. The van der Waals surface area contributed by atoms with Gasteiger partial charge in [-0.1, -0.05) is 6.07 Å². The van der Waals surface area contributed by atoms with E-state index in [4.69, 9.17) is 9.84 Å². The molecular formula is C15H13N3O4. The zero-order valence-electron chi connectivity index (χ0n) is 11.6. The molecule has 0 aromatic carbocycles. The van der Waals surface area contributed by atoms with Crippen LogP contribution >= 0.6 is 0 Å². The SMILES string of the molecule is O=C1C=CC(=Nc2c(OCCO)nn3ccccc23)C(=O)C1. The second-order valence-corrected chi connectivity index (χ2v) is 4.65. The molecule has 2 heterocycles. The molecule has 0 saturated heterocycles. The third-order valence-electron chi connectivity index (χ3n) is 3.09. The lowest BCUT2D eigenvalue weighted by atomic mass is 10.0. The van der Waals surface area contributed by atoms with E-state index in [0.29, 0.717) is 11.2 Å². The van der Waals surface area contributed by atoms with Crippen LogP contribution in [0.4, 0.5) is 5.69 Å². The lowest BCUT2D eigenvalue weighted by Crippen LogP contribution is -2.19. The van der Waals surface area contributed by atoms with Crippen LogP contribution in [0.25, 0.3) is 5.52 Å². The number of hydrogen-bond donors (Lipinski definition) is 1. The van der Waals surface area contributed by atoms with E-state index in [-0.39, 0.29) is 42.8 Å². The number of ketones is 2. The number of aromatic nitrogens is 2. The molecule has 22 heavy (non-hydrogen) atoms. The van der Waals surface area contributed by atoms with Gasteiger partial charge in [0.25, 0.3) is 5.88 Å². The Morgan fingerprint density at radius 1 is 1.32 bits per heavy atom. The molecule has 1 aliphatic carbocycles. The lowest BCUT2D eigenvalue weighted by molar-refractivity contribution is -0.121. The highest BCUT2D eigenvalue weighted by molar-refractivity contribution is 6.50. The lowest BCUT2D eigenvalue weighted by Gasteiger charge is -2.05. The first kappa shape index (κ1) is 14.2. The van der Waals surface area contributed by atoms with Crippen LogP contribution in [-0.2, 0) is 9.59 Å². The summed E-state index contributed by atoms with van der Waals surface area (Å²) in [5.74, 6) is -0.345. The molecule has 1 aliphatic rings. The monoisotopic (exact) mass is 299 g/mol. The summed E-state index contributed by atoms with van der Waals surface area (Å²) in [5, 5.41) is 13.1. The van der Waals surface area contributed by atoms with Gasteiger partial charge in [0.15, 0.2) is 17.3 Å². The molecule has 3 rings (SSSR count). The number of aliphatic hydroxyl groups excluding tert-OH is 1. The third-order valence-corrected chi connectivity index (χ3v) is 3.09. The Morgan fingerprint density at radius 3 is 2.95 bits per heavy atom. The molecule has 0 radical (unpaired) electrons. The zero-order chi connectivity index (χ0) is 15.5. The van der Waals surface area contributed by atoms with Gasteiger partial charge in [-0.25, -0.2) is 9.51 Å². The van der Waals surface area contributed by atoms with Gasteiger partial charge in [0.1, 0.15) is 12.3 Å². The molecule has 0 amide bonds. The maximum atomic E-state index is 11.9. The van der Waals surface area contributed by atoms with Crippen molar-refractivity contribution in [2.75, 3.05) is 13.2 Å². The number of allylic oxidation sites excluding steroid dienone is 2. The summed E-state index contributed by atoms with van der Waals surface area (Å²) in [6, 6.07) is 5.41. The van der Waals surface area contributed by atoms with Crippen LogP contribution in [0.5, 0.6) is 5.88 Å². The Kier molecular flexibility index (Phi) is 3.80. The van der Waals surface area contributed by atoms with Crippen LogP contribution in [0.2, 0.25) is 0 Å². The fraction of sp³-hybridized carbons (Fsp3) is 0.200. The van der Waals surface area contributed by atoms with Crippen molar-refractivity contribution in [2.45, 2.75) is 6.42 Å². The number of ether oxygens (including phenoxy) is 1. The summed E-state index contributed by atoms with van der Waals surface area (Å²) < 4.78 is 6.96. The second-order valence-electron chi connectivity index (χ2n) is 4.65. The molecule has 7 nitrogen and oxygen atoms in total. The molecule has 0 aliphatic heterocycles. The molecule has 0 unspecified atom stereocenters. The van der Waals surface area contributed by atoms with Crippen molar-refractivity contribution in [3.63, 3.8) is 0 Å². The predicted octanol–water partition coefficient (Wildman–Crippen LogP) is 0.876. The van der Waals surface area contributed by atoms with Crippen LogP contribution in [0.3, 0.4) is 0 Å². The van der Waals surface area contributed by atoms with E-state index in [1.165, 1.54) is 12.2 Å². The molecule has 0 saturated carbocycles. The Labute approximate surface area is 125 Å². The summed E-state index contributed by atoms with van der Waals surface area (Å²) >= 11 is 0. The minimum atomic E-state index is -0.337. The van der Waals surface area contributed by atoms with Gasteiger partial charge in [-0.2, -0.15) is 0 Å². The number of aliphatic hydroxyl groups is 1. The van der Waals surface area contributed by atoms with E-state index < -0.39 is 0 Å². The minimum Gasteiger partial charge on any atom is -0.473 e. The van der Waals surface area contributed by atoms with Crippen LogP contribution in [0, 0.1) is 0 Å². The number of Topliss-reactive ketones (excluding diaryl/α,β-unsaturated/α-hetero) is 1. The van der Waals surface area contributed by atoms with E-state index in [1.807, 2.05) is 6.07 Å². The summed E-state index contributed by atoms with van der Waals surface area (Å²) in [4.78, 5) is 27.4. The van der Waals surface area contributed by atoms with Crippen molar-refractivity contribution < 1.29 is 19.4 Å². The number of carbonyl (C=O) groups is 2. The smallest absolute Gasteiger partial charge is 0.260 e. The number of rotatable bonds is 4. The molecule has 112 valence electrons. The van der Waals surface area contributed by atoms with Gasteiger partial charge >= 0.3 is 0 Å². The Hall–Kier alpha value is -2.80. The van der Waals surface area contributed by atoms with Gasteiger partial charge in [-0.05, 0) is 24.3 Å². The Morgan fingerprint density at radius 2 is 2.18 bits per heavy atom. The molecule has 0 bridgehead atoms. The highest BCUT2D eigenvalue weighted by Crippen LogP contribution is 2.32. The summed E-state index contributed by atoms with van der Waals surface area (Å²) in [6.45, 7) is -0.0821. The maximum Gasteiger partial charge on any atom is 0.260 e. The molecule has 2 aromatic heterocycles. The van der Waals surface area contributed by atoms with Crippen molar-refractivity contribution in [2.24, 2.45) is 4.99 Å². The Balaban J connectivity index is 2.10. The first-order valence-electron chi connectivity index (χ1n) is 6.73. The van der Waals surface area contributed by atoms with Crippen molar-refractivity contribution in [3.05, 3.63) is 36.5 Å². The molecular weight excluding hydrogens is 286 g/mol. The van der Waals surface area contributed by atoms with Crippen molar-refractivity contribution in [1.29, 1.82) is 0 Å². The molecule has 0 fully saturated rings. The zero-order valence-corrected chi connectivity index (χ0v) is 11.6. The molecule has 1 N–H and O–H groups in total. The van der Waals surface area contributed by atoms with E-state index >= 15 is 0 Å². The van der Waals surface area contributed by atoms with Crippen LogP contribution < -0.4 is 4.74 Å². The van der Waals surface area contributed by atoms with Gasteiger partial charge in [-0.3, -0.25) is 9.59 Å². The average molecular weight is 299 g/mol. The van der Waals surface area contributed by atoms with E-state index in [1.54, 1.807) is 22.8 Å². The average Bonchev–Trinajstić information content (AvgIpc) is 2.86. The van der Waals surface area contributed by atoms with E-state index in [0.717, 1.165) is 0 Å². The summed E-state index contributed by atoms with van der Waals surface area (Å²) in [7, 11) is 0. The molecule has 0 atom stereocenters. The van der Waals surface area contributed by atoms with Crippen LogP contribution in [0.1, 0.15) is 6.42 Å². The number of nitrogens with zero attached hydrogens (tertiary/aromatic N) is 3. The predicted molar refractivity (Wildman–Crippen MR) is 78.6 cm³/mol. The van der Waals surface area contributed by atoms with Crippen LogP contribution in [-0.4, -0.2) is 45.2 Å². The Bertz CT molecular complexity index is 804. The fourth-order valence-corrected chi connectivity index (χ4v) is 2.10. The topological polar surface area (TPSA) is 93.3 Å². The van der Waals surface area contributed by atoms with E-state index in [9.17, 15) is 9.59 Å². The number of carbonyl (C=O) groups excluding carboxylic acids is 2. The van der Waals surface area contributed by atoms with Crippen molar-refractivity contribution in [3.8, 4) is 5.88 Å². The highest BCUT2D eigenvalue weighted by atomic mass is 16.5. The normalized spacial score (nSPS) is 16.7. The largest absolute Gasteiger partial charge is 0.473 e. The van der Waals surface area contributed by atoms with Crippen molar-refractivity contribution >= 4 is 28.5 Å². The van der Waals surface area contributed by atoms with Crippen molar-refractivity contribution in [1.82, 2.24) is 9.61 Å². The van der Waals surface area contributed by atoms with Gasteiger partial charge in [-0.15, -0.1) is 5.10 Å². The molecule has 7 heteroatoms. The summed E-state index contributed by atoms with van der Waals surface area (Å²) in [6.07, 6.45) is 4.28. The van der Waals surface area contributed by atoms with Crippen LogP contribution in [0.15, 0.2) is 41.5 Å². The van der Waals surface area contributed by atoms with Gasteiger partial charge in [0.2, 0.25) is 0 Å². The minimum absolute atomic E-state index is 0.0734. The first-order chi connectivity index (χ1) is 10.7. The quantitative estimate of drug-likeness (QED) is 0.846. The van der Waals surface area contributed by atoms with Gasteiger partial charge < -0.3 is 9.84 Å². The van der Waals surface area contributed by atoms with Gasteiger partial charge in [0.05, 0.1) is 18.5 Å². The molecule has 2 aromatic rings. The number of hydrogen-bond acceptors (Lipinski definition) is 6. The number of fused-ring (bicyclic) bond motifs is 1.